The summed E-state index contributed by atoms with van der Waals surface area (Å²) in [5.74, 6) is 0.616. The Labute approximate surface area is 84.4 Å². The van der Waals surface area contributed by atoms with Gasteiger partial charge in [0.2, 0.25) is 0 Å². The second kappa shape index (κ2) is 3.60. The smallest absolute Gasteiger partial charge is 0.0574 e. The Bertz CT molecular complexity index is 348. The van der Waals surface area contributed by atoms with Crippen molar-refractivity contribution in [2.75, 3.05) is 0 Å². The van der Waals surface area contributed by atoms with Gasteiger partial charge in [0.05, 0.1) is 5.88 Å². The molecule has 0 saturated heterocycles. The van der Waals surface area contributed by atoms with Crippen LogP contribution in [0.2, 0.25) is 0 Å². The minimum atomic E-state index is 0.616. The van der Waals surface area contributed by atoms with Crippen LogP contribution in [0.15, 0.2) is 29.0 Å². The van der Waals surface area contributed by atoms with Gasteiger partial charge >= 0.3 is 0 Å². The van der Waals surface area contributed by atoms with Crippen LogP contribution in [0.5, 0.6) is 0 Å². The van der Waals surface area contributed by atoms with E-state index in [1.807, 2.05) is 0 Å². The van der Waals surface area contributed by atoms with E-state index in [4.69, 9.17) is 11.6 Å². The molecule has 0 aliphatic heterocycles. The van der Waals surface area contributed by atoms with E-state index in [2.05, 4.69) is 29.0 Å². The Morgan fingerprint density at radius 1 is 1.17 bits per heavy atom. The van der Waals surface area contributed by atoms with Crippen molar-refractivity contribution < 1.29 is 0 Å². The van der Waals surface area contributed by atoms with Crippen molar-refractivity contribution in [1.29, 1.82) is 0 Å². The largest absolute Gasteiger partial charge is 0.147 e. The average Bonchev–Trinajstić information content (AvgIpc) is 2.74. The molecule has 0 nitrogen and oxygen atoms in total. The van der Waals surface area contributed by atoms with E-state index in [0.717, 1.165) is 0 Å². The van der Waals surface area contributed by atoms with Crippen LogP contribution in [-0.4, -0.2) is 0 Å². The zero-order chi connectivity index (χ0) is 8.39. The number of hydrogen-bond donors (Lipinski definition) is 0. The molecule has 3 heteroatoms. The van der Waals surface area contributed by atoms with Gasteiger partial charge in [-0.05, 0) is 22.9 Å². The molecule has 62 valence electrons. The van der Waals surface area contributed by atoms with Gasteiger partial charge in [-0.1, -0.05) is 6.07 Å². The Morgan fingerprint density at radius 2 is 2.08 bits per heavy atom. The van der Waals surface area contributed by atoms with E-state index in [1.165, 1.54) is 15.3 Å². The molecule has 2 heterocycles. The Morgan fingerprint density at radius 3 is 2.75 bits per heavy atom. The van der Waals surface area contributed by atoms with Crippen molar-refractivity contribution in [2.24, 2.45) is 0 Å². The summed E-state index contributed by atoms with van der Waals surface area (Å²) in [6.45, 7) is 0. The predicted molar refractivity (Wildman–Crippen MR) is 57.2 cm³/mol. The van der Waals surface area contributed by atoms with E-state index in [9.17, 15) is 0 Å². The third-order valence-corrected chi connectivity index (χ3v) is 3.90. The van der Waals surface area contributed by atoms with Gasteiger partial charge in [-0.2, -0.15) is 0 Å². The van der Waals surface area contributed by atoms with Crippen molar-refractivity contribution in [2.45, 2.75) is 5.88 Å². The zero-order valence-electron chi connectivity index (χ0n) is 6.29. The van der Waals surface area contributed by atoms with E-state index in [1.54, 1.807) is 22.7 Å². The highest BCUT2D eigenvalue weighted by Crippen LogP contribution is 2.32. The van der Waals surface area contributed by atoms with Crippen LogP contribution in [0.4, 0.5) is 0 Å². The van der Waals surface area contributed by atoms with Crippen LogP contribution in [0.3, 0.4) is 0 Å². The standard InChI is InChI=1S/C9H7ClS2/c10-6-9-7(3-5-12-9)8-2-1-4-11-8/h1-5H,6H2. The summed E-state index contributed by atoms with van der Waals surface area (Å²) in [5.41, 5.74) is 1.30. The molecule has 0 aromatic carbocycles. The molecule has 0 unspecified atom stereocenters. The number of rotatable bonds is 2. The number of halogens is 1. The second-order valence-electron chi connectivity index (χ2n) is 2.37. The second-order valence-corrected chi connectivity index (χ2v) is 4.58. The maximum absolute atomic E-state index is 5.81. The van der Waals surface area contributed by atoms with Gasteiger partial charge in [0.25, 0.3) is 0 Å². The van der Waals surface area contributed by atoms with Crippen molar-refractivity contribution in [1.82, 2.24) is 0 Å². The minimum Gasteiger partial charge on any atom is -0.147 e. The lowest BCUT2D eigenvalue weighted by Crippen LogP contribution is -1.72. The molecule has 2 aromatic heterocycles. The molecule has 0 N–H and O–H groups in total. The first kappa shape index (κ1) is 8.30. The summed E-state index contributed by atoms with van der Waals surface area (Å²) in [6.07, 6.45) is 0. The molecule has 2 rings (SSSR count). The lowest BCUT2D eigenvalue weighted by atomic mass is 10.2. The topological polar surface area (TPSA) is 0 Å². The summed E-state index contributed by atoms with van der Waals surface area (Å²) >= 11 is 9.29. The van der Waals surface area contributed by atoms with E-state index in [0.29, 0.717) is 5.88 Å². The van der Waals surface area contributed by atoms with Crippen LogP contribution < -0.4 is 0 Å². The van der Waals surface area contributed by atoms with Crippen molar-refractivity contribution in [3.8, 4) is 10.4 Å². The van der Waals surface area contributed by atoms with Crippen molar-refractivity contribution in [3.05, 3.63) is 33.8 Å². The SMILES string of the molecule is ClCc1sccc1-c1cccs1. The molecule has 0 atom stereocenters. The molecule has 0 aliphatic rings. The first-order valence-electron chi connectivity index (χ1n) is 3.58. The molecule has 0 spiro atoms. The molecule has 12 heavy (non-hydrogen) atoms. The van der Waals surface area contributed by atoms with Crippen LogP contribution in [0.25, 0.3) is 10.4 Å². The molecule has 0 fully saturated rings. The zero-order valence-corrected chi connectivity index (χ0v) is 8.68. The summed E-state index contributed by atoms with van der Waals surface area (Å²) < 4.78 is 0. The summed E-state index contributed by atoms with van der Waals surface area (Å²) in [4.78, 5) is 2.58. The molecule has 0 aliphatic carbocycles. The first-order chi connectivity index (χ1) is 5.92. The Kier molecular flexibility index (Phi) is 2.49. The average molecular weight is 215 g/mol. The predicted octanol–water partition coefficient (Wildman–Crippen LogP) is 4.22. The van der Waals surface area contributed by atoms with Gasteiger partial charge in [-0.15, -0.1) is 34.3 Å². The fraction of sp³-hybridized carbons (Fsp3) is 0.111. The fourth-order valence-electron chi connectivity index (χ4n) is 1.10. The van der Waals surface area contributed by atoms with E-state index < -0.39 is 0 Å². The fourth-order valence-corrected chi connectivity index (χ4v) is 3.01. The highest BCUT2D eigenvalue weighted by molar-refractivity contribution is 7.14. The lowest BCUT2D eigenvalue weighted by Gasteiger charge is -1.94. The summed E-state index contributed by atoms with van der Waals surface area (Å²) in [6, 6.07) is 6.33. The van der Waals surface area contributed by atoms with Crippen LogP contribution in [0.1, 0.15) is 4.88 Å². The number of hydrogen-bond acceptors (Lipinski definition) is 2. The lowest BCUT2D eigenvalue weighted by molar-refractivity contribution is 1.53. The van der Waals surface area contributed by atoms with Gasteiger partial charge in [0, 0.05) is 15.3 Å². The molecule has 0 saturated carbocycles. The van der Waals surface area contributed by atoms with Gasteiger partial charge < -0.3 is 0 Å². The monoisotopic (exact) mass is 214 g/mol. The maximum atomic E-state index is 5.81. The normalized spacial score (nSPS) is 10.4. The number of thiophene rings is 2. The van der Waals surface area contributed by atoms with Gasteiger partial charge in [-0.25, -0.2) is 0 Å². The van der Waals surface area contributed by atoms with E-state index in [-0.39, 0.29) is 0 Å². The van der Waals surface area contributed by atoms with Gasteiger partial charge in [0.1, 0.15) is 0 Å². The van der Waals surface area contributed by atoms with Crippen LogP contribution in [0, 0.1) is 0 Å². The van der Waals surface area contributed by atoms with Crippen LogP contribution >= 0.6 is 34.3 Å². The first-order valence-corrected chi connectivity index (χ1v) is 5.87. The Hall–Kier alpha value is -0.310. The van der Waals surface area contributed by atoms with Crippen molar-refractivity contribution in [3.63, 3.8) is 0 Å². The molecule has 0 bridgehead atoms. The minimum absolute atomic E-state index is 0.616. The maximum Gasteiger partial charge on any atom is 0.0574 e. The van der Waals surface area contributed by atoms with Crippen LogP contribution in [-0.2, 0) is 5.88 Å². The highest BCUT2D eigenvalue weighted by atomic mass is 35.5. The molecule has 0 amide bonds. The van der Waals surface area contributed by atoms with Gasteiger partial charge in [0.15, 0.2) is 0 Å². The number of alkyl halides is 1. The Balaban J connectivity index is 2.46. The quantitative estimate of drug-likeness (QED) is 0.657. The molecular weight excluding hydrogens is 208 g/mol. The third-order valence-electron chi connectivity index (χ3n) is 1.65. The molecule has 0 radical (unpaired) electrons. The van der Waals surface area contributed by atoms with Gasteiger partial charge in [-0.3, -0.25) is 0 Å². The molecular formula is C9H7ClS2. The highest BCUT2D eigenvalue weighted by Gasteiger charge is 2.05. The summed E-state index contributed by atoms with van der Waals surface area (Å²) in [7, 11) is 0. The third kappa shape index (κ3) is 1.42. The van der Waals surface area contributed by atoms with Crippen molar-refractivity contribution >= 4 is 34.3 Å². The molecule has 2 aromatic rings. The van der Waals surface area contributed by atoms with E-state index >= 15 is 0 Å². The summed E-state index contributed by atoms with van der Waals surface area (Å²) in [5, 5.41) is 4.18.